The maximum Gasteiger partial charge on any atom is 0.0979 e. The van der Waals surface area contributed by atoms with Crippen molar-refractivity contribution < 1.29 is 0 Å². The van der Waals surface area contributed by atoms with Gasteiger partial charge in [-0.2, -0.15) is 0 Å². The lowest BCUT2D eigenvalue weighted by Gasteiger charge is -2.16. The summed E-state index contributed by atoms with van der Waals surface area (Å²) in [6.45, 7) is 8.05. The van der Waals surface area contributed by atoms with Gasteiger partial charge in [-0.25, -0.2) is 19.9 Å². The van der Waals surface area contributed by atoms with Crippen LogP contribution < -0.4 is 10.7 Å². The predicted octanol–water partition coefficient (Wildman–Crippen LogP) is 4.44. The first-order valence-corrected chi connectivity index (χ1v) is 9.81. The molecule has 0 saturated heterocycles. The van der Waals surface area contributed by atoms with E-state index >= 15 is 0 Å². The Morgan fingerprint density at radius 1 is 0.433 bits per heavy atom. The van der Waals surface area contributed by atoms with Crippen molar-refractivity contribution >= 4 is 78.6 Å². The van der Waals surface area contributed by atoms with E-state index in [9.17, 15) is 0 Å². The van der Waals surface area contributed by atoms with Crippen LogP contribution in [-0.2, 0) is 0 Å². The summed E-state index contributed by atoms with van der Waals surface area (Å²) in [6.07, 6.45) is 0. The van der Waals surface area contributed by atoms with Gasteiger partial charge in [0.05, 0.1) is 43.8 Å². The van der Waals surface area contributed by atoms with Gasteiger partial charge in [0.25, 0.3) is 0 Å². The highest BCUT2D eigenvalue weighted by Crippen LogP contribution is 2.42. The molecule has 7 rings (SSSR count). The molecule has 138 valence electrons. The molecular formula is C26H14N4. The average molecular weight is 382 g/mol. The summed E-state index contributed by atoms with van der Waals surface area (Å²) in [5.41, 5.74) is 5.32. The second-order valence-corrected chi connectivity index (χ2v) is 7.68. The average Bonchev–Trinajstić information content (AvgIpc) is 2.78. The molecule has 0 atom stereocenters. The summed E-state index contributed by atoms with van der Waals surface area (Å²) in [5.74, 6) is 0. The Balaban J connectivity index is 1.92. The zero-order valence-electron chi connectivity index (χ0n) is 16.0. The van der Waals surface area contributed by atoms with E-state index in [1.54, 1.807) is 0 Å². The van der Waals surface area contributed by atoms with Gasteiger partial charge >= 0.3 is 0 Å². The third-order valence-corrected chi connectivity index (χ3v) is 6.02. The van der Waals surface area contributed by atoms with Crippen molar-refractivity contribution in [2.45, 2.75) is 0 Å². The smallest absolute Gasteiger partial charge is 0.0979 e. The Morgan fingerprint density at radius 3 is 1.20 bits per heavy atom. The molecule has 4 heteroatoms. The van der Waals surface area contributed by atoms with Gasteiger partial charge in [-0.3, -0.25) is 0 Å². The number of aromatic nitrogens is 4. The van der Waals surface area contributed by atoms with Gasteiger partial charge in [-0.05, 0) is 12.1 Å². The second kappa shape index (κ2) is 5.24. The Kier molecular flexibility index (Phi) is 2.75. The van der Waals surface area contributed by atoms with E-state index in [4.69, 9.17) is 19.9 Å². The SMILES string of the molecule is C=c1nc2c3cccc4c5nc6ccccc6nc5c5cccc(c2nc1=C)c5c34. The topological polar surface area (TPSA) is 51.6 Å². The molecule has 5 aromatic carbocycles. The molecule has 2 aromatic heterocycles. The standard InChI is InChI=1S/C26H14N4/c1-13-14(2)28-24-16-8-6-10-18-22(16)21-15(23(24)27-13)7-5-9-17(21)25-26(18)30-20-12-4-3-11-19(20)29-25/h3-12H,1-2H2. The minimum atomic E-state index is 0.605. The Hall–Kier alpha value is -4.18. The quantitative estimate of drug-likeness (QED) is 0.287. The van der Waals surface area contributed by atoms with E-state index in [0.29, 0.717) is 10.7 Å². The van der Waals surface area contributed by atoms with Crippen molar-refractivity contribution in [3.05, 3.63) is 71.4 Å². The van der Waals surface area contributed by atoms with Crippen molar-refractivity contribution in [1.29, 1.82) is 0 Å². The van der Waals surface area contributed by atoms with E-state index in [-0.39, 0.29) is 0 Å². The van der Waals surface area contributed by atoms with E-state index in [1.807, 2.05) is 24.3 Å². The van der Waals surface area contributed by atoms with E-state index in [0.717, 1.165) is 65.4 Å². The van der Waals surface area contributed by atoms with Crippen LogP contribution in [0.1, 0.15) is 0 Å². The minimum absolute atomic E-state index is 0.605. The Morgan fingerprint density at radius 2 is 0.800 bits per heavy atom. The lowest BCUT2D eigenvalue weighted by Crippen LogP contribution is -2.28. The monoisotopic (exact) mass is 382 g/mol. The van der Waals surface area contributed by atoms with Crippen LogP contribution in [0.5, 0.6) is 0 Å². The van der Waals surface area contributed by atoms with E-state index in [1.165, 1.54) is 0 Å². The predicted molar refractivity (Wildman–Crippen MR) is 124 cm³/mol. The molecule has 0 unspecified atom stereocenters. The number of hydrogen-bond donors (Lipinski definition) is 0. The first-order chi connectivity index (χ1) is 14.7. The van der Waals surface area contributed by atoms with Crippen LogP contribution >= 0.6 is 0 Å². The van der Waals surface area contributed by atoms with Crippen LogP contribution in [-0.4, -0.2) is 19.9 Å². The van der Waals surface area contributed by atoms with Crippen LogP contribution in [0.4, 0.5) is 0 Å². The normalized spacial score (nSPS) is 12.3. The largest absolute Gasteiger partial charge is 0.244 e. The number of para-hydroxylation sites is 2. The van der Waals surface area contributed by atoms with Gasteiger partial charge < -0.3 is 0 Å². The van der Waals surface area contributed by atoms with Gasteiger partial charge in [0.15, 0.2) is 0 Å². The zero-order chi connectivity index (χ0) is 20.0. The summed E-state index contributed by atoms with van der Waals surface area (Å²) in [5, 5.41) is 7.79. The molecule has 30 heavy (non-hydrogen) atoms. The van der Waals surface area contributed by atoms with Crippen molar-refractivity contribution in [2.24, 2.45) is 0 Å². The lowest BCUT2D eigenvalue weighted by molar-refractivity contribution is 1.19. The van der Waals surface area contributed by atoms with E-state index < -0.39 is 0 Å². The van der Waals surface area contributed by atoms with Gasteiger partial charge in [0.1, 0.15) is 0 Å². The van der Waals surface area contributed by atoms with Crippen molar-refractivity contribution in [2.75, 3.05) is 0 Å². The molecule has 2 heterocycles. The number of benzene rings is 5. The fourth-order valence-electron chi connectivity index (χ4n) is 4.69. The molecule has 0 aliphatic carbocycles. The molecule has 0 N–H and O–H groups in total. The van der Waals surface area contributed by atoms with Crippen molar-refractivity contribution in [3.8, 4) is 0 Å². The summed E-state index contributed by atoms with van der Waals surface area (Å²) >= 11 is 0. The number of fused-ring (bicyclic) bond motifs is 7. The van der Waals surface area contributed by atoms with Gasteiger partial charge in [-0.15, -0.1) is 0 Å². The maximum absolute atomic E-state index is 5.02. The van der Waals surface area contributed by atoms with Crippen LogP contribution in [0.25, 0.3) is 78.6 Å². The van der Waals surface area contributed by atoms with Crippen molar-refractivity contribution in [1.82, 2.24) is 19.9 Å². The molecule has 0 aliphatic rings. The lowest BCUT2D eigenvalue weighted by atomic mass is 9.91. The minimum Gasteiger partial charge on any atom is -0.244 e. The summed E-state index contributed by atoms with van der Waals surface area (Å²) in [6, 6.07) is 20.6. The Labute approximate surface area is 170 Å². The van der Waals surface area contributed by atoms with Crippen LogP contribution in [0.3, 0.4) is 0 Å². The molecular weight excluding hydrogens is 368 g/mol. The molecule has 0 spiro atoms. The number of hydrogen-bond acceptors (Lipinski definition) is 4. The molecule has 0 aliphatic heterocycles. The molecule has 0 amide bonds. The molecule has 0 radical (unpaired) electrons. The van der Waals surface area contributed by atoms with E-state index in [2.05, 4.69) is 49.6 Å². The van der Waals surface area contributed by atoms with Gasteiger partial charge in [-0.1, -0.05) is 61.7 Å². The highest BCUT2D eigenvalue weighted by atomic mass is 14.8. The van der Waals surface area contributed by atoms with Gasteiger partial charge in [0, 0.05) is 32.3 Å². The summed E-state index contributed by atoms with van der Waals surface area (Å²) in [4.78, 5) is 19.6. The Bertz CT molecular complexity index is 1800. The third kappa shape index (κ3) is 1.81. The number of nitrogens with zero attached hydrogens (tertiary/aromatic N) is 4. The molecule has 0 fully saturated rings. The van der Waals surface area contributed by atoms with Crippen LogP contribution in [0.2, 0.25) is 0 Å². The third-order valence-electron chi connectivity index (χ3n) is 6.02. The van der Waals surface area contributed by atoms with Crippen molar-refractivity contribution in [3.63, 3.8) is 0 Å². The maximum atomic E-state index is 5.02. The number of rotatable bonds is 0. The summed E-state index contributed by atoms with van der Waals surface area (Å²) < 4.78 is 0. The molecule has 0 bridgehead atoms. The fourth-order valence-corrected chi connectivity index (χ4v) is 4.69. The zero-order valence-corrected chi connectivity index (χ0v) is 16.0. The summed E-state index contributed by atoms with van der Waals surface area (Å²) in [7, 11) is 0. The van der Waals surface area contributed by atoms with Crippen LogP contribution in [0, 0.1) is 0 Å². The second-order valence-electron chi connectivity index (χ2n) is 7.68. The highest BCUT2D eigenvalue weighted by molar-refractivity contribution is 6.38. The first kappa shape index (κ1) is 15.7. The molecule has 7 aromatic rings. The highest BCUT2D eigenvalue weighted by Gasteiger charge is 2.19. The van der Waals surface area contributed by atoms with Gasteiger partial charge in [0.2, 0.25) is 0 Å². The molecule has 4 nitrogen and oxygen atoms in total. The molecule has 0 saturated carbocycles. The van der Waals surface area contributed by atoms with Crippen LogP contribution in [0.15, 0.2) is 60.7 Å². The fraction of sp³-hybridized carbons (Fsp3) is 0. The first-order valence-electron chi connectivity index (χ1n) is 9.81.